The van der Waals surface area contributed by atoms with Gasteiger partial charge in [0.15, 0.2) is 5.41 Å². The van der Waals surface area contributed by atoms with Gasteiger partial charge in [-0.3, -0.25) is 14.5 Å². The highest BCUT2D eigenvalue weighted by Crippen LogP contribution is 2.42. The van der Waals surface area contributed by atoms with Crippen LogP contribution >= 0.6 is 0 Å². The van der Waals surface area contributed by atoms with Crippen molar-refractivity contribution in [3.63, 3.8) is 0 Å². The molecule has 32 heavy (non-hydrogen) atoms. The Bertz CT molecular complexity index is 702. The van der Waals surface area contributed by atoms with Crippen LogP contribution in [0.4, 0.5) is 0 Å². The summed E-state index contributed by atoms with van der Waals surface area (Å²) >= 11 is 0. The fraction of sp³-hybridized carbons (Fsp3) is 0.704. The van der Waals surface area contributed by atoms with Crippen LogP contribution in [0.5, 0.6) is 0 Å². The van der Waals surface area contributed by atoms with Crippen LogP contribution in [-0.2, 0) is 27.3 Å². The first-order chi connectivity index (χ1) is 15.4. The number of aryl methyl sites for hydroxylation is 1. The Hall–Kier alpha value is -1.88. The van der Waals surface area contributed by atoms with Crippen LogP contribution in [0.2, 0.25) is 0 Å². The second-order valence-corrected chi connectivity index (χ2v) is 9.46. The normalized spacial score (nSPS) is 20.6. The maximum absolute atomic E-state index is 12.3. The van der Waals surface area contributed by atoms with Crippen LogP contribution in [0, 0.1) is 5.41 Å². The van der Waals surface area contributed by atoms with Crippen LogP contribution in [0.15, 0.2) is 24.3 Å². The van der Waals surface area contributed by atoms with Crippen LogP contribution in [0.1, 0.15) is 95.6 Å². The highest BCUT2D eigenvalue weighted by molar-refractivity contribution is 5.99. The molecule has 0 saturated heterocycles. The molecule has 5 nitrogen and oxygen atoms in total. The van der Waals surface area contributed by atoms with Gasteiger partial charge in [-0.25, -0.2) is 0 Å². The summed E-state index contributed by atoms with van der Waals surface area (Å²) in [5.74, 6) is -1.65. The zero-order chi connectivity index (χ0) is 23.4. The summed E-state index contributed by atoms with van der Waals surface area (Å²) in [6.07, 6.45) is 13.2. The maximum atomic E-state index is 12.3. The van der Waals surface area contributed by atoms with E-state index in [0.29, 0.717) is 19.3 Å². The van der Waals surface area contributed by atoms with E-state index in [2.05, 4.69) is 36.1 Å². The minimum Gasteiger partial charge on any atom is -0.480 e. The molecule has 0 aromatic heterocycles. The number of carbonyl (C=O) groups excluding carboxylic acids is 1. The van der Waals surface area contributed by atoms with Gasteiger partial charge in [-0.15, -0.1) is 0 Å². The van der Waals surface area contributed by atoms with Crippen molar-refractivity contribution in [1.82, 2.24) is 4.90 Å². The monoisotopic (exact) mass is 445 g/mol. The molecule has 0 heterocycles. The fourth-order valence-corrected chi connectivity index (χ4v) is 4.82. The van der Waals surface area contributed by atoms with E-state index in [4.69, 9.17) is 4.74 Å². The molecule has 2 unspecified atom stereocenters. The van der Waals surface area contributed by atoms with E-state index in [1.165, 1.54) is 62.5 Å². The number of benzene rings is 1. The number of carboxylic acids is 1. The molecule has 1 saturated carbocycles. The van der Waals surface area contributed by atoms with E-state index in [1.807, 2.05) is 7.05 Å². The smallest absolute Gasteiger partial charge is 0.323 e. The third-order valence-corrected chi connectivity index (χ3v) is 6.96. The number of hydrogen-bond donors (Lipinski definition) is 1. The highest BCUT2D eigenvalue weighted by Gasteiger charge is 2.53. The van der Waals surface area contributed by atoms with Gasteiger partial charge in [0, 0.05) is 12.6 Å². The summed E-state index contributed by atoms with van der Waals surface area (Å²) in [7, 11) is 2.02. The summed E-state index contributed by atoms with van der Waals surface area (Å²) in [6.45, 7) is 4.93. The number of hydrogen-bond acceptors (Lipinski definition) is 4. The Labute approximate surface area is 194 Å². The van der Waals surface area contributed by atoms with Gasteiger partial charge in [0.25, 0.3) is 0 Å². The Morgan fingerprint density at radius 2 is 1.59 bits per heavy atom. The highest BCUT2D eigenvalue weighted by atomic mass is 16.5. The van der Waals surface area contributed by atoms with E-state index in [9.17, 15) is 14.7 Å². The topological polar surface area (TPSA) is 66.8 Å². The van der Waals surface area contributed by atoms with Crippen molar-refractivity contribution in [2.45, 2.75) is 103 Å². The molecule has 1 aliphatic carbocycles. The molecule has 0 spiro atoms. The largest absolute Gasteiger partial charge is 0.480 e. The van der Waals surface area contributed by atoms with E-state index in [1.54, 1.807) is 6.92 Å². The van der Waals surface area contributed by atoms with Crippen molar-refractivity contribution in [3.8, 4) is 0 Å². The third-order valence-electron chi connectivity index (χ3n) is 6.96. The molecule has 1 N–H and O–H groups in total. The van der Waals surface area contributed by atoms with Crippen LogP contribution in [0.3, 0.4) is 0 Å². The van der Waals surface area contributed by atoms with E-state index in [-0.39, 0.29) is 12.6 Å². The second kappa shape index (κ2) is 13.6. The predicted molar refractivity (Wildman–Crippen MR) is 129 cm³/mol. The average molecular weight is 446 g/mol. The summed E-state index contributed by atoms with van der Waals surface area (Å²) < 4.78 is 5.08. The SMILES string of the molecule is CCCCCCCCCCc1ccc(CN(C)C2CCC(C(=O)O)(C(=O)OCC)C2)cc1. The van der Waals surface area contributed by atoms with E-state index < -0.39 is 17.4 Å². The Morgan fingerprint density at radius 1 is 1.00 bits per heavy atom. The molecule has 0 radical (unpaired) electrons. The van der Waals surface area contributed by atoms with Crippen molar-refractivity contribution in [3.05, 3.63) is 35.4 Å². The van der Waals surface area contributed by atoms with Gasteiger partial charge in [-0.05, 0) is 57.2 Å². The van der Waals surface area contributed by atoms with Gasteiger partial charge in [-0.2, -0.15) is 0 Å². The third kappa shape index (κ3) is 7.61. The van der Waals surface area contributed by atoms with Crippen molar-refractivity contribution < 1.29 is 19.4 Å². The number of rotatable bonds is 15. The Kier molecular flexibility index (Phi) is 11.2. The minimum atomic E-state index is -1.39. The molecule has 2 atom stereocenters. The van der Waals surface area contributed by atoms with Gasteiger partial charge in [0.1, 0.15) is 0 Å². The van der Waals surface area contributed by atoms with Crippen LogP contribution in [-0.4, -0.2) is 41.6 Å². The van der Waals surface area contributed by atoms with Crippen LogP contribution < -0.4 is 0 Å². The first-order valence-corrected chi connectivity index (χ1v) is 12.6. The maximum Gasteiger partial charge on any atom is 0.323 e. The molecule has 1 aromatic rings. The summed E-state index contributed by atoms with van der Waals surface area (Å²) in [4.78, 5) is 26.4. The predicted octanol–water partition coefficient (Wildman–Crippen LogP) is 5.99. The molecule has 1 aromatic carbocycles. The van der Waals surface area contributed by atoms with Crippen molar-refractivity contribution in [1.29, 1.82) is 0 Å². The van der Waals surface area contributed by atoms with Crippen LogP contribution in [0.25, 0.3) is 0 Å². The summed E-state index contributed by atoms with van der Waals surface area (Å²) in [5.41, 5.74) is 1.21. The number of esters is 1. The number of carbonyl (C=O) groups is 2. The first kappa shape index (κ1) is 26.4. The zero-order valence-corrected chi connectivity index (χ0v) is 20.4. The quantitative estimate of drug-likeness (QED) is 0.204. The van der Waals surface area contributed by atoms with Gasteiger partial charge in [0.05, 0.1) is 6.61 Å². The number of aliphatic carboxylic acids is 1. The number of unbranched alkanes of at least 4 members (excludes halogenated alkanes) is 7. The summed E-state index contributed by atoms with van der Waals surface area (Å²) in [5, 5.41) is 9.71. The van der Waals surface area contributed by atoms with Crippen molar-refractivity contribution in [2.24, 2.45) is 5.41 Å². The van der Waals surface area contributed by atoms with Crippen molar-refractivity contribution in [2.75, 3.05) is 13.7 Å². The Morgan fingerprint density at radius 3 is 2.19 bits per heavy atom. The molecule has 5 heteroatoms. The van der Waals surface area contributed by atoms with E-state index >= 15 is 0 Å². The standard InChI is InChI=1S/C27H43NO4/c1-4-6-7-8-9-10-11-12-13-22-14-16-23(17-15-22)21-28(3)24-18-19-27(20-24,25(29)30)26(31)32-5-2/h14-17,24H,4-13,18-21H2,1-3H3,(H,29,30). The lowest BCUT2D eigenvalue weighted by Gasteiger charge is -2.27. The minimum absolute atomic E-state index is 0.0625. The number of nitrogens with zero attached hydrogens (tertiary/aromatic N) is 1. The first-order valence-electron chi connectivity index (χ1n) is 12.6. The lowest BCUT2D eigenvalue weighted by Crippen LogP contribution is -2.40. The summed E-state index contributed by atoms with van der Waals surface area (Å²) in [6, 6.07) is 8.87. The molecule has 1 aliphatic rings. The molecular formula is C27H43NO4. The fourth-order valence-electron chi connectivity index (χ4n) is 4.82. The molecule has 0 bridgehead atoms. The molecule has 1 fully saturated rings. The molecule has 0 amide bonds. The van der Waals surface area contributed by atoms with E-state index in [0.717, 1.165) is 13.0 Å². The van der Waals surface area contributed by atoms with Gasteiger partial charge < -0.3 is 9.84 Å². The zero-order valence-electron chi connectivity index (χ0n) is 20.4. The van der Waals surface area contributed by atoms with Crippen molar-refractivity contribution >= 4 is 11.9 Å². The Balaban J connectivity index is 1.76. The van der Waals surface area contributed by atoms with Gasteiger partial charge in [0.2, 0.25) is 0 Å². The second-order valence-electron chi connectivity index (χ2n) is 9.46. The molecule has 180 valence electrons. The molecule has 2 rings (SSSR count). The molecular weight excluding hydrogens is 402 g/mol. The lowest BCUT2D eigenvalue weighted by atomic mass is 9.86. The number of carboxylic acid groups (broad SMARTS) is 1. The number of ether oxygens (including phenoxy) is 1. The van der Waals surface area contributed by atoms with Gasteiger partial charge >= 0.3 is 11.9 Å². The van der Waals surface area contributed by atoms with Gasteiger partial charge in [-0.1, -0.05) is 76.1 Å². The average Bonchev–Trinajstić information content (AvgIpc) is 3.24. The molecule has 0 aliphatic heterocycles. The lowest BCUT2D eigenvalue weighted by molar-refractivity contribution is -0.168.